The van der Waals surface area contributed by atoms with Crippen molar-refractivity contribution in [1.82, 2.24) is 0 Å². The van der Waals surface area contributed by atoms with E-state index in [1.54, 1.807) is 36.3 Å². The number of para-hydroxylation sites is 1. The van der Waals surface area contributed by atoms with Crippen molar-refractivity contribution in [2.45, 2.75) is 6.92 Å². The van der Waals surface area contributed by atoms with Crippen LogP contribution in [0.4, 0.5) is 17.1 Å². The SMILES string of the molecule is CCN(C(=O)c1cccc(NC(=O)CNc2ccc(OCCOC)cc2)c1)c1ccccc1. The largest absolute Gasteiger partial charge is 0.491 e. The first-order chi connectivity index (χ1) is 16.1. The lowest BCUT2D eigenvalue weighted by molar-refractivity contribution is -0.114. The molecule has 0 aliphatic rings. The van der Waals surface area contributed by atoms with Gasteiger partial charge in [-0.1, -0.05) is 24.3 Å². The Bertz CT molecular complexity index is 1040. The predicted molar refractivity (Wildman–Crippen MR) is 131 cm³/mol. The van der Waals surface area contributed by atoms with Gasteiger partial charge in [-0.25, -0.2) is 0 Å². The van der Waals surface area contributed by atoms with Crippen molar-refractivity contribution in [2.75, 3.05) is 48.9 Å². The average molecular weight is 448 g/mol. The number of amides is 2. The second-order valence-corrected chi connectivity index (χ2v) is 7.23. The molecule has 172 valence electrons. The van der Waals surface area contributed by atoms with Gasteiger partial charge in [0.25, 0.3) is 5.91 Å². The molecule has 2 N–H and O–H groups in total. The summed E-state index contributed by atoms with van der Waals surface area (Å²) in [5, 5.41) is 5.92. The highest BCUT2D eigenvalue weighted by molar-refractivity contribution is 6.07. The molecule has 0 saturated heterocycles. The van der Waals surface area contributed by atoms with Crippen LogP contribution >= 0.6 is 0 Å². The van der Waals surface area contributed by atoms with Crippen LogP contribution in [-0.4, -0.2) is 45.2 Å². The Morgan fingerprint density at radius 2 is 1.64 bits per heavy atom. The standard InChI is InChI=1S/C26H29N3O4/c1-3-29(23-10-5-4-6-11-23)26(31)20-8-7-9-22(18-20)28-25(30)19-27-21-12-14-24(15-13-21)33-17-16-32-2/h4-15,18,27H,3,16-17,19H2,1-2H3,(H,28,30). The van der Waals surface area contributed by atoms with E-state index < -0.39 is 0 Å². The van der Waals surface area contributed by atoms with Gasteiger partial charge in [0, 0.05) is 36.3 Å². The molecule has 0 aromatic heterocycles. The highest BCUT2D eigenvalue weighted by Crippen LogP contribution is 2.19. The van der Waals surface area contributed by atoms with Crippen LogP contribution in [0.5, 0.6) is 5.75 Å². The zero-order chi connectivity index (χ0) is 23.5. The number of ether oxygens (including phenoxy) is 2. The number of nitrogens with one attached hydrogen (secondary N) is 2. The maximum absolute atomic E-state index is 13.0. The van der Waals surface area contributed by atoms with E-state index >= 15 is 0 Å². The van der Waals surface area contributed by atoms with Gasteiger partial charge in [0.2, 0.25) is 5.91 Å². The second-order valence-electron chi connectivity index (χ2n) is 7.23. The Morgan fingerprint density at radius 3 is 2.33 bits per heavy atom. The molecule has 0 aliphatic carbocycles. The number of rotatable bonds is 11. The molecule has 3 rings (SSSR count). The van der Waals surface area contributed by atoms with Crippen molar-refractivity contribution >= 4 is 28.9 Å². The topological polar surface area (TPSA) is 79.9 Å². The monoisotopic (exact) mass is 447 g/mol. The van der Waals surface area contributed by atoms with Crippen molar-refractivity contribution in [3.63, 3.8) is 0 Å². The van der Waals surface area contributed by atoms with Gasteiger partial charge >= 0.3 is 0 Å². The molecule has 7 heteroatoms. The van der Waals surface area contributed by atoms with E-state index in [2.05, 4.69) is 10.6 Å². The van der Waals surface area contributed by atoms with Gasteiger partial charge in [0.15, 0.2) is 0 Å². The van der Waals surface area contributed by atoms with Crippen LogP contribution in [0, 0.1) is 0 Å². The molecule has 0 saturated carbocycles. The van der Waals surface area contributed by atoms with Crippen LogP contribution in [0.25, 0.3) is 0 Å². The molecule has 0 heterocycles. The van der Waals surface area contributed by atoms with Gasteiger partial charge < -0.3 is 25.0 Å². The maximum Gasteiger partial charge on any atom is 0.258 e. The molecule has 7 nitrogen and oxygen atoms in total. The summed E-state index contributed by atoms with van der Waals surface area (Å²) in [7, 11) is 1.63. The molecule has 0 fully saturated rings. The fourth-order valence-corrected chi connectivity index (χ4v) is 3.24. The normalized spacial score (nSPS) is 10.4. The van der Waals surface area contributed by atoms with Crippen LogP contribution in [0.2, 0.25) is 0 Å². The maximum atomic E-state index is 13.0. The number of carbonyl (C=O) groups is 2. The predicted octanol–water partition coefficient (Wildman–Crippen LogP) is 4.43. The molecular weight excluding hydrogens is 418 g/mol. The van der Waals surface area contributed by atoms with E-state index in [1.165, 1.54) is 0 Å². The first-order valence-corrected chi connectivity index (χ1v) is 10.8. The summed E-state index contributed by atoms with van der Waals surface area (Å²) in [6.07, 6.45) is 0. The van der Waals surface area contributed by atoms with Crippen LogP contribution in [-0.2, 0) is 9.53 Å². The van der Waals surface area contributed by atoms with Gasteiger partial charge in [0.05, 0.1) is 13.2 Å². The molecule has 0 unspecified atom stereocenters. The van der Waals surface area contributed by atoms with Crippen molar-refractivity contribution < 1.29 is 19.1 Å². The number of hydrogen-bond acceptors (Lipinski definition) is 5. The Morgan fingerprint density at radius 1 is 0.879 bits per heavy atom. The van der Waals surface area contributed by atoms with Crippen molar-refractivity contribution in [3.05, 3.63) is 84.4 Å². The highest BCUT2D eigenvalue weighted by Gasteiger charge is 2.16. The summed E-state index contributed by atoms with van der Waals surface area (Å²) in [6.45, 7) is 3.57. The van der Waals surface area contributed by atoms with Crippen molar-refractivity contribution in [3.8, 4) is 5.75 Å². The molecular formula is C26H29N3O4. The number of benzene rings is 3. The van der Waals surface area contributed by atoms with E-state index in [4.69, 9.17) is 9.47 Å². The zero-order valence-corrected chi connectivity index (χ0v) is 18.9. The average Bonchev–Trinajstić information content (AvgIpc) is 2.85. The summed E-state index contributed by atoms with van der Waals surface area (Å²) in [4.78, 5) is 27.1. The minimum atomic E-state index is -0.213. The van der Waals surface area contributed by atoms with E-state index in [-0.39, 0.29) is 18.4 Å². The first kappa shape index (κ1) is 23.8. The van der Waals surface area contributed by atoms with E-state index in [1.807, 2.05) is 61.5 Å². The number of nitrogens with zero attached hydrogens (tertiary/aromatic N) is 1. The fourth-order valence-electron chi connectivity index (χ4n) is 3.24. The lowest BCUT2D eigenvalue weighted by Crippen LogP contribution is -2.30. The van der Waals surface area contributed by atoms with Gasteiger partial charge in [-0.05, 0) is 61.5 Å². The number of carbonyl (C=O) groups excluding carboxylic acids is 2. The molecule has 3 aromatic rings. The molecule has 0 atom stereocenters. The number of hydrogen-bond donors (Lipinski definition) is 2. The Balaban J connectivity index is 1.55. The second kappa shape index (κ2) is 12.3. The van der Waals surface area contributed by atoms with Crippen LogP contribution in [0.1, 0.15) is 17.3 Å². The minimum absolute atomic E-state index is 0.0904. The Hall–Kier alpha value is -3.84. The van der Waals surface area contributed by atoms with E-state index in [0.717, 1.165) is 17.1 Å². The molecule has 2 amide bonds. The molecule has 0 spiro atoms. The number of anilines is 3. The number of methoxy groups -OCH3 is 1. The highest BCUT2D eigenvalue weighted by atomic mass is 16.5. The van der Waals surface area contributed by atoms with Gasteiger partial charge in [-0.2, -0.15) is 0 Å². The summed E-state index contributed by atoms with van der Waals surface area (Å²) in [6, 6.07) is 23.8. The first-order valence-electron chi connectivity index (χ1n) is 10.8. The zero-order valence-electron chi connectivity index (χ0n) is 18.9. The Kier molecular flexibility index (Phi) is 8.85. The Labute approximate surface area is 194 Å². The lowest BCUT2D eigenvalue weighted by Gasteiger charge is -2.21. The van der Waals surface area contributed by atoms with Crippen LogP contribution in [0.15, 0.2) is 78.9 Å². The van der Waals surface area contributed by atoms with E-state index in [0.29, 0.717) is 31.0 Å². The van der Waals surface area contributed by atoms with Crippen molar-refractivity contribution in [2.24, 2.45) is 0 Å². The summed E-state index contributed by atoms with van der Waals surface area (Å²) < 4.78 is 10.5. The molecule has 3 aromatic carbocycles. The summed E-state index contributed by atoms with van der Waals surface area (Å²) in [5.74, 6) is 0.404. The van der Waals surface area contributed by atoms with Crippen molar-refractivity contribution in [1.29, 1.82) is 0 Å². The quantitative estimate of drug-likeness (QED) is 0.425. The fraction of sp³-hybridized carbons (Fsp3) is 0.231. The summed E-state index contributed by atoms with van der Waals surface area (Å²) >= 11 is 0. The third-order valence-corrected chi connectivity index (χ3v) is 4.89. The minimum Gasteiger partial charge on any atom is -0.491 e. The molecule has 0 aliphatic heterocycles. The third kappa shape index (κ3) is 7.08. The molecule has 0 radical (unpaired) electrons. The van der Waals surface area contributed by atoms with Crippen LogP contribution in [0.3, 0.4) is 0 Å². The third-order valence-electron chi connectivity index (χ3n) is 4.89. The molecule has 33 heavy (non-hydrogen) atoms. The van der Waals surface area contributed by atoms with Crippen LogP contribution < -0.4 is 20.3 Å². The lowest BCUT2D eigenvalue weighted by atomic mass is 10.1. The van der Waals surface area contributed by atoms with Gasteiger partial charge in [0.1, 0.15) is 12.4 Å². The van der Waals surface area contributed by atoms with Gasteiger partial charge in [-0.15, -0.1) is 0 Å². The van der Waals surface area contributed by atoms with Gasteiger partial charge in [-0.3, -0.25) is 9.59 Å². The smallest absolute Gasteiger partial charge is 0.258 e. The molecule has 0 bridgehead atoms. The van der Waals surface area contributed by atoms with E-state index in [9.17, 15) is 9.59 Å². The summed E-state index contributed by atoms with van der Waals surface area (Å²) in [5.41, 5.74) is 2.71.